The van der Waals surface area contributed by atoms with Crippen LogP contribution in [0.2, 0.25) is 5.02 Å². The van der Waals surface area contributed by atoms with E-state index in [1.54, 1.807) is 0 Å². The van der Waals surface area contributed by atoms with Crippen molar-refractivity contribution < 1.29 is 9.72 Å². The number of rotatable bonds is 6. The van der Waals surface area contributed by atoms with Crippen LogP contribution in [0.25, 0.3) is 0 Å². The number of nitrogens with one attached hydrogen (secondary N) is 2. The second kappa shape index (κ2) is 6.80. The fraction of sp³-hybridized carbons (Fsp3) is 0.364. The Morgan fingerprint density at radius 1 is 1.50 bits per heavy atom. The van der Waals surface area contributed by atoms with Crippen LogP contribution in [0.1, 0.15) is 13.3 Å². The minimum atomic E-state index is -0.510. The van der Waals surface area contributed by atoms with Crippen molar-refractivity contribution >= 4 is 28.9 Å². The number of nitro benzene ring substituents is 1. The van der Waals surface area contributed by atoms with Crippen molar-refractivity contribution in [1.82, 2.24) is 5.32 Å². The second-order valence-corrected chi connectivity index (χ2v) is 3.96. The van der Waals surface area contributed by atoms with Gasteiger partial charge >= 0.3 is 0 Å². The predicted octanol–water partition coefficient (Wildman–Crippen LogP) is 2.19. The summed E-state index contributed by atoms with van der Waals surface area (Å²) in [5, 5.41) is 16.4. The third-order valence-corrected chi connectivity index (χ3v) is 2.52. The number of hydrogen-bond donors (Lipinski definition) is 2. The smallest absolute Gasteiger partial charge is 0.271 e. The van der Waals surface area contributed by atoms with Gasteiger partial charge in [0.15, 0.2) is 0 Å². The van der Waals surface area contributed by atoms with Crippen LogP contribution in [0.15, 0.2) is 18.2 Å². The van der Waals surface area contributed by atoms with Gasteiger partial charge in [-0.3, -0.25) is 14.9 Å². The van der Waals surface area contributed by atoms with Crippen LogP contribution in [0.4, 0.5) is 11.4 Å². The van der Waals surface area contributed by atoms with Crippen LogP contribution in [0.3, 0.4) is 0 Å². The number of amides is 1. The number of benzene rings is 1. The molecule has 0 atom stereocenters. The van der Waals surface area contributed by atoms with E-state index in [0.717, 1.165) is 0 Å². The van der Waals surface area contributed by atoms with Crippen LogP contribution < -0.4 is 10.6 Å². The molecular formula is C11H14ClN3O3. The van der Waals surface area contributed by atoms with E-state index in [2.05, 4.69) is 10.6 Å². The summed E-state index contributed by atoms with van der Waals surface area (Å²) in [6.07, 6.45) is 0.321. The molecule has 0 unspecified atom stereocenters. The molecule has 6 nitrogen and oxygen atoms in total. The molecule has 1 aromatic carbocycles. The molecule has 0 aromatic heterocycles. The quantitative estimate of drug-likeness (QED) is 0.613. The van der Waals surface area contributed by atoms with Crippen LogP contribution in [-0.4, -0.2) is 23.9 Å². The highest BCUT2D eigenvalue weighted by molar-refractivity contribution is 6.33. The monoisotopic (exact) mass is 271 g/mol. The van der Waals surface area contributed by atoms with Crippen molar-refractivity contribution in [1.29, 1.82) is 0 Å². The SMILES string of the molecule is CCNC(=O)CCNc1ccc([N+](=O)[O-])cc1Cl. The number of hydrogen-bond acceptors (Lipinski definition) is 4. The highest BCUT2D eigenvalue weighted by Crippen LogP contribution is 2.26. The molecule has 0 saturated heterocycles. The molecule has 1 aromatic rings. The van der Waals surface area contributed by atoms with Crippen LogP contribution in [-0.2, 0) is 4.79 Å². The summed E-state index contributed by atoms with van der Waals surface area (Å²) in [6.45, 7) is 2.86. The van der Waals surface area contributed by atoms with E-state index >= 15 is 0 Å². The van der Waals surface area contributed by atoms with Gasteiger partial charge in [0.25, 0.3) is 5.69 Å². The maximum absolute atomic E-state index is 11.2. The Labute approximate surface area is 109 Å². The summed E-state index contributed by atoms with van der Waals surface area (Å²) in [5.41, 5.74) is 0.515. The van der Waals surface area contributed by atoms with Crippen LogP contribution in [0.5, 0.6) is 0 Å². The lowest BCUT2D eigenvalue weighted by Gasteiger charge is -2.08. The lowest BCUT2D eigenvalue weighted by atomic mass is 10.2. The van der Waals surface area contributed by atoms with Gasteiger partial charge in [-0.1, -0.05) is 11.6 Å². The van der Waals surface area contributed by atoms with Crippen LogP contribution >= 0.6 is 11.6 Å². The summed E-state index contributed by atoms with van der Waals surface area (Å²) in [7, 11) is 0. The highest BCUT2D eigenvalue weighted by Gasteiger charge is 2.09. The third-order valence-electron chi connectivity index (χ3n) is 2.20. The first-order valence-corrected chi connectivity index (χ1v) is 5.87. The lowest BCUT2D eigenvalue weighted by molar-refractivity contribution is -0.384. The van der Waals surface area contributed by atoms with E-state index < -0.39 is 4.92 Å². The Morgan fingerprint density at radius 3 is 2.78 bits per heavy atom. The molecule has 7 heteroatoms. The van der Waals surface area contributed by atoms with Gasteiger partial charge < -0.3 is 10.6 Å². The third kappa shape index (κ3) is 4.21. The topological polar surface area (TPSA) is 84.3 Å². The van der Waals surface area contributed by atoms with E-state index in [1.165, 1.54) is 18.2 Å². The van der Waals surface area contributed by atoms with Crippen molar-refractivity contribution in [2.45, 2.75) is 13.3 Å². The van der Waals surface area contributed by atoms with E-state index in [4.69, 9.17) is 11.6 Å². The van der Waals surface area contributed by atoms with Gasteiger partial charge in [0, 0.05) is 31.6 Å². The largest absolute Gasteiger partial charge is 0.383 e. The van der Waals surface area contributed by atoms with Crippen molar-refractivity contribution in [3.63, 3.8) is 0 Å². The van der Waals surface area contributed by atoms with E-state index in [-0.39, 0.29) is 16.6 Å². The zero-order valence-electron chi connectivity index (χ0n) is 9.90. The molecule has 0 saturated carbocycles. The van der Waals surface area contributed by atoms with E-state index in [0.29, 0.717) is 25.2 Å². The lowest BCUT2D eigenvalue weighted by Crippen LogP contribution is -2.24. The summed E-state index contributed by atoms with van der Waals surface area (Å²) in [5.74, 6) is -0.0527. The fourth-order valence-corrected chi connectivity index (χ4v) is 1.60. The average Bonchev–Trinajstić information content (AvgIpc) is 2.31. The summed E-state index contributed by atoms with van der Waals surface area (Å²) >= 11 is 5.88. The molecule has 0 fully saturated rings. The number of anilines is 1. The number of nitrogens with zero attached hydrogens (tertiary/aromatic N) is 1. The summed E-state index contributed by atoms with van der Waals surface area (Å²) < 4.78 is 0. The van der Waals surface area contributed by atoms with Gasteiger partial charge in [-0.15, -0.1) is 0 Å². The van der Waals surface area contributed by atoms with Gasteiger partial charge in [-0.2, -0.15) is 0 Å². The van der Waals surface area contributed by atoms with E-state index in [1.807, 2.05) is 6.92 Å². The molecule has 0 spiro atoms. The maximum Gasteiger partial charge on any atom is 0.271 e. The van der Waals surface area contributed by atoms with Crippen molar-refractivity contribution in [3.8, 4) is 0 Å². The van der Waals surface area contributed by atoms with E-state index in [9.17, 15) is 14.9 Å². The standard InChI is InChI=1S/C11H14ClN3O3/c1-2-13-11(16)5-6-14-10-4-3-8(15(17)18)7-9(10)12/h3-4,7,14H,2,5-6H2,1H3,(H,13,16). The number of carbonyl (C=O) groups is 1. The zero-order chi connectivity index (χ0) is 13.5. The average molecular weight is 272 g/mol. The number of non-ortho nitro benzene ring substituents is 1. The first-order valence-electron chi connectivity index (χ1n) is 5.49. The van der Waals surface area contributed by atoms with Crippen LogP contribution in [0, 0.1) is 10.1 Å². The molecule has 0 radical (unpaired) electrons. The summed E-state index contributed by atoms with van der Waals surface area (Å²) in [4.78, 5) is 21.2. The van der Waals surface area contributed by atoms with Gasteiger partial charge in [-0.05, 0) is 13.0 Å². The molecular weight excluding hydrogens is 258 g/mol. The normalized spacial score (nSPS) is 9.89. The molecule has 18 heavy (non-hydrogen) atoms. The number of carbonyl (C=O) groups excluding carboxylic acids is 1. The predicted molar refractivity (Wildman–Crippen MR) is 69.9 cm³/mol. The molecule has 1 rings (SSSR count). The first kappa shape index (κ1) is 14.2. The van der Waals surface area contributed by atoms with Crippen molar-refractivity contribution in [2.24, 2.45) is 0 Å². The Morgan fingerprint density at radius 2 is 2.22 bits per heavy atom. The minimum absolute atomic E-state index is 0.0527. The Hall–Kier alpha value is -1.82. The Balaban J connectivity index is 2.53. The number of nitro groups is 1. The molecule has 98 valence electrons. The van der Waals surface area contributed by atoms with Gasteiger partial charge in [0.2, 0.25) is 5.91 Å². The molecule has 0 aliphatic rings. The molecule has 2 N–H and O–H groups in total. The van der Waals surface area contributed by atoms with Crippen molar-refractivity contribution in [3.05, 3.63) is 33.3 Å². The van der Waals surface area contributed by atoms with Gasteiger partial charge in [-0.25, -0.2) is 0 Å². The number of halogens is 1. The Bertz CT molecular complexity index is 451. The maximum atomic E-state index is 11.2. The zero-order valence-corrected chi connectivity index (χ0v) is 10.7. The minimum Gasteiger partial charge on any atom is -0.383 e. The highest BCUT2D eigenvalue weighted by atomic mass is 35.5. The van der Waals surface area contributed by atoms with Crippen molar-refractivity contribution in [2.75, 3.05) is 18.4 Å². The van der Waals surface area contributed by atoms with Gasteiger partial charge in [0.1, 0.15) is 0 Å². The molecule has 0 aliphatic heterocycles. The Kier molecular flexibility index (Phi) is 5.38. The molecule has 0 aliphatic carbocycles. The second-order valence-electron chi connectivity index (χ2n) is 3.55. The first-order chi connectivity index (χ1) is 8.54. The molecule has 1 amide bonds. The summed E-state index contributed by atoms with van der Waals surface area (Å²) in [6, 6.07) is 4.16. The fourth-order valence-electron chi connectivity index (χ4n) is 1.36. The molecule has 0 heterocycles. The molecule has 0 bridgehead atoms. The van der Waals surface area contributed by atoms with Gasteiger partial charge in [0.05, 0.1) is 15.6 Å².